The number of aromatic nitrogens is 1. The van der Waals surface area contributed by atoms with Crippen molar-refractivity contribution >= 4 is 11.7 Å². The second-order valence-corrected chi connectivity index (χ2v) is 9.07. The molecule has 32 heavy (non-hydrogen) atoms. The first-order chi connectivity index (χ1) is 15.8. The van der Waals surface area contributed by atoms with Gasteiger partial charge in [0.15, 0.2) is 0 Å². The Kier molecular flexibility index (Phi) is 6.67. The Morgan fingerprint density at radius 1 is 1.03 bits per heavy atom. The molecular weight excluding hydrogens is 402 g/mol. The number of hydrogen-bond donors (Lipinski definition) is 1. The number of nitrogens with zero attached hydrogens (tertiary/aromatic N) is 4. The molecule has 0 radical (unpaired) electrons. The molecule has 4 heterocycles. The fourth-order valence-corrected chi connectivity index (χ4v) is 5.24. The predicted octanol–water partition coefficient (Wildman–Crippen LogP) is 2.34. The van der Waals surface area contributed by atoms with E-state index in [-0.39, 0.29) is 5.97 Å². The lowest BCUT2D eigenvalue weighted by Crippen LogP contribution is -2.52. The molecule has 0 amide bonds. The maximum absolute atomic E-state index is 12.2. The zero-order chi connectivity index (χ0) is 21.8. The molecule has 1 N–H and O–H groups in total. The van der Waals surface area contributed by atoms with Crippen molar-refractivity contribution in [2.24, 2.45) is 0 Å². The Hall–Kier alpha value is -2.48. The zero-order valence-corrected chi connectivity index (χ0v) is 18.7. The number of carbonyl (C=O) groups is 1. The molecule has 3 aliphatic rings. The van der Waals surface area contributed by atoms with E-state index in [2.05, 4.69) is 32.2 Å². The molecule has 3 aliphatic heterocycles. The van der Waals surface area contributed by atoms with Gasteiger partial charge in [0.05, 0.1) is 5.56 Å². The average molecular weight is 436 g/mol. The summed E-state index contributed by atoms with van der Waals surface area (Å²) in [7, 11) is 0. The van der Waals surface area contributed by atoms with Crippen LogP contribution in [0.3, 0.4) is 0 Å². The summed E-state index contributed by atoms with van der Waals surface area (Å²) in [4.78, 5) is 27.5. The fraction of sp³-hybridized carbons (Fsp3) is 0.520. The summed E-state index contributed by atoms with van der Waals surface area (Å²) >= 11 is 0. The number of anilines is 1. The zero-order valence-electron chi connectivity index (χ0n) is 18.7. The second-order valence-electron chi connectivity index (χ2n) is 9.07. The first-order valence-electron chi connectivity index (χ1n) is 11.9. The van der Waals surface area contributed by atoms with Crippen LogP contribution in [0, 0.1) is 0 Å². The van der Waals surface area contributed by atoms with E-state index in [1.165, 1.54) is 24.2 Å². The largest absolute Gasteiger partial charge is 0.364 e. The Balaban J connectivity index is 1.05. The predicted molar refractivity (Wildman–Crippen MR) is 125 cm³/mol. The molecular formula is C25H33N5O2. The summed E-state index contributed by atoms with van der Waals surface area (Å²) in [5, 5.41) is 5.35. The van der Waals surface area contributed by atoms with Crippen LogP contribution in [0.2, 0.25) is 0 Å². The number of pyridine rings is 1. The number of aryl methyl sites for hydroxylation is 1. The van der Waals surface area contributed by atoms with Gasteiger partial charge in [-0.25, -0.2) is 4.79 Å². The number of rotatable bonds is 7. The van der Waals surface area contributed by atoms with E-state index in [4.69, 9.17) is 4.84 Å². The van der Waals surface area contributed by atoms with Crippen molar-refractivity contribution in [3.63, 3.8) is 0 Å². The Labute approximate surface area is 190 Å². The monoisotopic (exact) mass is 435 g/mol. The van der Waals surface area contributed by atoms with Crippen molar-refractivity contribution in [1.82, 2.24) is 20.3 Å². The van der Waals surface area contributed by atoms with Gasteiger partial charge in [-0.15, -0.1) is 5.06 Å². The summed E-state index contributed by atoms with van der Waals surface area (Å²) in [6.45, 7) is 6.57. The Morgan fingerprint density at radius 3 is 2.53 bits per heavy atom. The smallest absolute Gasteiger partial charge is 0.357 e. The third-order valence-corrected chi connectivity index (χ3v) is 6.94. The Morgan fingerprint density at radius 2 is 1.78 bits per heavy atom. The van der Waals surface area contributed by atoms with Crippen molar-refractivity contribution in [3.05, 3.63) is 59.9 Å². The van der Waals surface area contributed by atoms with E-state index in [1.807, 2.05) is 24.4 Å². The summed E-state index contributed by atoms with van der Waals surface area (Å²) in [5.74, 6) is -0.275. The van der Waals surface area contributed by atoms with Crippen molar-refractivity contribution in [2.45, 2.75) is 37.8 Å². The minimum atomic E-state index is -0.275. The first kappa shape index (κ1) is 21.4. The van der Waals surface area contributed by atoms with Crippen LogP contribution >= 0.6 is 0 Å². The molecule has 5 rings (SSSR count). The third kappa shape index (κ3) is 4.95. The van der Waals surface area contributed by atoms with Gasteiger partial charge in [0.25, 0.3) is 0 Å². The topological polar surface area (TPSA) is 60.9 Å². The number of carbonyl (C=O) groups excluding carboxylic acids is 1. The minimum Gasteiger partial charge on any atom is -0.364 e. The molecule has 0 saturated carbocycles. The lowest BCUT2D eigenvalue weighted by molar-refractivity contribution is -0.130. The Bertz CT molecular complexity index is 884. The highest BCUT2D eigenvalue weighted by molar-refractivity contribution is 5.89. The van der Waals surface area contributed by atoms with Gasteiger partial charge in [-0.05, 0) is 56.5 Å². The SMILES string of the molecule is O=C(ON1CCN(CCCc2cc(N3C4CCC3CNC4)ccn2)CC1)c1ccccc1. The summed E-state index contributed by atoms with van der Waals surface area (Å²) in [6, 6.07) is 14.9. The minimum absolute atomic E-state index is 0.275. The van der Waals surface area contributed by atoms with E-state index < -0.39 is 0 Å². The van der Waals surface area contributed by atoms with E-state index in [1.54, 1.807) is 17.2 Å². The van der Waals surface area contributed by atoms with Crippen LogP contribution in [0.1, 0.15) is 35.3 Å². The second kappa shape index (κ2) is 9.98. The standard InChI is InChI=1S/C25H33N5O2/c31-25(20-5-2-1-3-6-20)32-29-15-13-28(14-16-29)12-4-7-21-17-22(10-11-27-21)30-23-8-9-24(30)19-26-18-23/h1-3,5-6,10-11,17,23-24,26H,4,7-9,12-16,18-19H2. The highest BCUT2D eigenvalue weighted by Crippen LogP contribution is 2.32. The van der Waals surface area contributed by atoms with Crippen LogP contribution in [0.15, 0.2) is 48.7 Å². The molecule has 1 aromatic carbocycles. The van der Waals surface area contributed by atoms with Gasteiger partial charge in [0, 0.05) is 68.9 Å². The lowest BCUT2D eigenvalue weighted by atomic mass is 10.1. The van der Waals surface area contributed by atoms with Gasteiger partial charge >= 0.3 is 5.97 Å². The van der Waals surface area contributed by atoms with Gasteiger partial charge in [0.2, 0.25) is 0 Å². The number of piperazine rings is 2. The van der Waals surface area contributed by atoms with Crippen LogP contribution in [-0.2, 0) is 11.3 Å². The third-order valence-electron chi connectivity index (χ3n) is 6.94. The molecule has 2 unspecified atom stereocenters. The van der Waals surface area contributed by atoms with E-state index in [0.717, 1.165) is 58.7 Å². The highest BCUT2D eigenvalue weighted by Gasteiger charge is 2.36. The van der Waals surface area contributed by atoms with Crippen LogP contribution in [0.5, 0.6) is 0 Å². The molecule has 2 aromatic rings. The summed E-state index contributed by atoms with van der Waals surface area (Å²) < 4.78 is 0. The lowest BCUT2D eigenvalue weighted by Gasteiger charge is -2.37. The van der Waals surface area contributed by atoms with E-state index in [0.29, 0.717) is 17.6 Å². The summed E-state index contributed by atoms with van der Waals surface area (Å²) in [5.41, 5.74) is 3.13. The first-order valence-corrected chi connectivity index (χ1v) is 11.9. The highest BCUT2D eigenvalue weighted by atomic mass is 16.7. The quantitative estimate of drug-likeness (QED) is 0.716. The molecule has 170 valence electrons. The normalized spacial score (nSPS) is 23.9. The van der Waals surface area contributed by atoms with Gasteiger partial charge in [0.1, 0.15) is 0 Å². The van der Waals surface area contributed by atoms with Crippen LogP contribution in [0.4, 0.5) is 5.69 Å². The van der Waals surface area contributed by atoms with Crippen molar-refractivity contribution in [2.75, 3.05) is 50.7 Å². The van der Waals surface area contributed by atoms with Gasteiger partial charge < -0.3 is 20.0 Å². The molecule has 3 fully saturated rings. The van der Waals surface area contributed by atoms with Crippen LogP contribution in [-0.4, -0.2) is 78.8 Å². The summed E-state index contributed by atoms with van der Waals surface area (Å²) in [6.07, 6.45) is 6.66. The van der Waals surface area contributed by atoms with E-state index >= 15 is 0 Å². The van der Waals surface area contributed by atoms with Crippen molar-refractivity contribution in [3.8, 4) is 0 Å². The van der Waals surface area contributed by atoms with Crippen LogP contribution in [0.25, 0.3) is 0 Å². The average Bonchev–Trinajstić information content (AvgIpc) is 3.09. The molecule has 2 atom stereocenters. The number of fused-ring (bicyclic) bond motifs is 2. The van der Waals surface area contributed by atoms with Gasteiger partial charge in [-0.1, -0.05) is 18.2 Å². The molecule has 7 heteroatoms. The van der Waals surface area contributed by atoms with Gasteiger partial charge in [-0.3, -0.25) is 4.98 Å². The van der Waals surface area contributed by atoms with E-state index in [9.17, 15) is 4.79 Å². The number of nitrogens with one attached hydrogen (secondary N) is 1. The molecule has 0 spiro atoms. The number of hydroxylamine groups is 2. The molecule has 7 nitrogen and oxygen atoms in total. The van der Waals surface area contributed by atoms with Gasteiger partial charge in [-0.2, -0.15) is 0 Å². The number of hydrogen-bond acceptors (Lipinski definition) is 7. The van der Waals surface area contributed by atoms with Crippen molar-refractivity contribution < 1.29 is 9.63 Å². The molecule has 0 aliphatic carbocycles. The number of benzene rings is 1. The molecule has 2 bridgehead atoms. The van der Waals surface area contributed by atoms with Crippen molar-refractivity contribution in [1.29, 1.82) is 0 Å². The maximum Gasteiger partial charge on any atom is 0.357 e. The molecule has 1 aromatic heterocycles. The molecule has 3 saturated heterocycles. The van der Waals surface area contributed by atoms with Crippen LogP contribution < -0.4 is 10.2 Å². The maximum atomic E-state index is 12.2. The fourth-order valence-electron chi connectivity index (χ4n) is 5.24.